The summed E-state index contributed by atoms with van der Waals surface area (Å²) < 4.78 is 5.32. The van der Waals surface area contributed by atoms with Crippen LogP contribution in [0.3, 0.4) is 0 Å². The third kappa shape index (κ3) is 3.66. The number of carbonyl (C=O) groups is 1. The molecule has 0 radical (unpaired) electrons. The smallest absolute Gasteiger partial charge is 0.255 e. The van der Waals surface area contributed by atoms with Gasteiger partial charge in [-0.05, 0) is 12.1 Å². The third-order valence-corrected chi connectivity index (χ3v) is 2.43. The van der Waals surface area contributed by atoms with E-state index in [0.717, 1.165) is 0 Å². The van der Waals surface area contributed by atoms with E-state index < -0.39 is 5.91 Å². The Balaban J connectivity index is 3.10. The lowest BCUT2D eigenvalue weighted by Crippen LogP contribution is -2.24. The zero-order valence-electron chi connectivity index (χ0n) is 9.37. The zero-order chi connectivity index (χ0) is 13.5. The highest BCUT2D eigenvalue weighted by atomic mass is 35.5. The molecule has 1 rings (SSSR count). The number of rotatable bonds is 5. The number of hydrogen-bond acceptors (Lipinski definition) is 3. The van der Waals surface area contributed by atoms with Gasteiger partial charge in [0.2, 0.25) is 0 Å². The van der Waals surface area contributed by atoms with Gasteiger partial charge in [-0.2, -0.15) is 5.26 Å². The van der Waals surface area contributed by atoms with Crippen molar-refractivity contribution in [1.29, 1.82) is 5.26 Å². The largest absolute Gasteiger partial charge is 0.487 e. The minimum absolute atomic E-state index is 0.107. The lowest BCUT2D eigenvalue weighted by molar-refractivity contribution is 0.0955. The molecule has 0 aromatic heterocycles. The van der Waals surface area contributed by atoms with Crippen LogP contribution in [0.15, 0.2) is 24.8 Å². The molecular weight excluding hydrogens is 275 g/mol. The van der Waals surface area contributed by atoms with Gasteiger partial charge in [0, 0.05) is 5.02 Å². The molecule has 1 aromatic rings. The van der Waals surface area contributed by atoms with Crippen molar-refractivity contribution < 1.29 is 9.53 Å². The van der Waals surface area contributed by atoms with Crippen LogP contribution in [-0.4, -0.2) is 19.1 Å². The minimum atomic E-state index is -0.472. The number of nitrogens with one attached hydrogen (secondary N) is 1. The summed E-state index contributed by atoms with van der Waals surface area (Å²) >= 11 is 11.8. The average Bonchev–Trinajstić information content (AvgIpc) is 2.34. The Kier molecular flexibility index (Phi) is 5.50. The maximum absolute atomic E-state index is 11.8. The summed E-state index contributed by atoms with van der Waals surface area (Å²) in [6.45, 7) is 3.61. The van der Waals surface area contributed by atoms with Gasteiger partial charge in [-0.15, -0.1) is 0 Å². The molecule has 0 unspecified atom stereocenters. The molecular formula is C12H10Cl2N2O2. The van der Waals surface area contributed by atoms with E-state index in [1.54, 1.807) is 6.07 Å². The average molecular weight is 285 g/mol. The van der Waals surface area contributed by atoms with Crippen LogP contribution in [0.1, 0.15) is 10.4 Å². The van der Waals surface area contributed by atoms with Gasteiger partial charge in [-0.1, -0.05) is 35.9 Å². The predicted octanol–water partition coefficient (Wildman–Crippen LogP) is 2.81. The van der Waals surface area contributed by atoms with Crippen LogP contribution in [0.4, 0.5) is 0 Å². The van der Waals surface area contributed by atoms with E-state index in [0.29, 0.717) is 5.02 Å². The lowest BCUT2D eigenvalue weighted by Gasteiger charge is -2.12. The maximum Gasteiger partial charge on any atom is 0.255 e. The molecule has 4 nitrogen and oxygen atoms in total. The van der Waals surface area contributed by atoms with Crippen LogP contribution in [0.2, 0.25) is 10.0 Å². The van der Waals surface area contributed by atoms with E-state index in [4.69, 9.17) is 33.2 Å². The van der Waals surface area contributed by atoms with Crippen molar-refractivity contribution in [2.75, 3.05) is 13.2 Å². The fraction of sp³-hybridized carbons (Fsp3) is 0.167. The molecule has 1 aromatic carbocycles. The Morgan fingerprint density at radius 2 is 2.28 bits per heavy atom. The SMILES string of the molecule is C=CCOc1c(Cl)cc(Cl)cc1C(=O)NCC#N. The number of nitriles is 1. The number of nitrogens with zero attached hydrogens (tertiary/aromatic N) is 1. The van der Waals surface area contributed by atoms with E-state index in [9.17, 15) is 4.79 Å². The molecule has 1 amide bonds. The Bertz CT molecular complexity index is 510. The third-order valence-electron chi connectivity index (χ3n) is 1.93. The fourth-order valence-corrected chi connectivity index (χ4v) is 1.78. The molecule has 6 heteroatoms. The summed E-state index contributed by atoms with van der Waals surface area (Å²) in [5.41, 5.74) is 0.185. The van der Waals surface area contributed by atoms with Crippen molar-refractivity contribution in [3.05, 3.63) is 40.4 Å². The molecule has 18 heavy (non-hydrogen) atoms. The van der Waals surface area contributed by atoms with Gasteiger partial charge in [0.15, 0.2) is 5.75 Å². The first-order valence-corrected chi connectivity index (χ1v) is 5.73. The summed E-state index contributed by atoms with van der Waals surface area (Å²) in [7, 11) is 0. The summed E-state index contributed by atoms with van der Waals surface area (Å²) in [5, 5.41) is 11.4. The van der Waals surface area contributed by atoms with Crippen LogP contribution < -0.4 is 10.1 Å². The van der Waals surface area contributed by atoms with Gasteiger partial charge in [0.05, 0.1) is 16.7 Å². The van der Waals surface area contributed by atoms with E-state index >= 15 is 0 Å². The fourth-order valence-electron chi connectivity index (χ4n) is 1.23. The van der Waals surface area contributed by atoms with Gasteiger partial charge in [-0.3, -0.25) is 4.79 Å². The second-order valence-corrected chi connectivity index (χ2v) is 4.05. The van der Waals surface area contributed by atoms with E-state index in [1.807, 2.05) is 0 Å². The Morgan fingerprint density at radius 3 is 2.89 bits per heavy atom. The molecule has 0 fully saturated rings. The van der Waals surface area contributed by atoms with E-state index in [1.165, 1.54) is 18.2 Å². The standard InChI is InChI=1S/C12H10Cl2N2O2/c1-2-5-18-11-9(12(17)16-4-3-15)6-8(13)7-10(11)14/h2,6-7H,1,4-5H2,(H,16,17). The molecule has 94 valence electrons. The van der Waals surface area contributed by atoms with E-state index in [2.05, 4.69) is 11.9 Å². The van der Waals surface area contributed by atoms with Gasteiger partial charge in [0.1, 0.15) is 13.2 Å². The Morgan fingerprint density at radius 1 is 1.56 bits per heavy atom. The van der Waals surface area contributed by atoms with Crippen molar-refractivity contribution in [2.45, 2.75) is 0 Å². The molecule has 0 saturated heterocycles. The minimum Gasteiger partial charge on any atom is -0.487 e. The van der Waals surface area contributed by atoms with Crippen molar-refractivity contribution in [1.82, 2.24) is 5.32 Å². The van der Waals surface area contributed by atoms with Gasteiger partial charge < -0.3 is 10.1 Å². The van der Waals surface area contributed by atoms with Crippen molar-refractivity contribution in [2.24, 2.45) is 0 Å². The number of benzene rings is 1. The highest BCUT2D eigenvalue weighted by molar-refractivity contribution is 6.36. The molecule has 0 atom stereocenters. The summed E-state index contributed by atoms with van der Waals surface area (Å²) in [5.74, 6) is -0.253. The number of hydrogen-bond donors (Lipinski definition) is 1. The van der Waals surface area contributed by atoms with Crippen LogP contribution in [0.5, 0.6) is 5.75 Å². The monoisotopic (exact) mass is 284 g/mol. The molecule has 0 spiro atoms. The maximum atomic E-state index is 11.8. The molecule has 0 saturated carbocycles. The number of halogens is 2. The summed E-state index contributed by atoms with van der Waals surface area (Å²) in [6, 6.07) is 4.71. The van der Waals surface area contributed by atoms with E-state index in [-0.39, 0.29) is 29.5 Å². The van der Waals surface area contributed by atoms with Crippen molar-refractivity contribution in [3.63, 3.8) is 0 Å². The van der Waals surface area contributed by atoms with Crippen molar-refractivity contribution in [3.8, 4) is 11.8 Å². The highest BCUT2D eigenvalue weighted by Gasteiger charge is 2.16. The highest BCUT2D eigenvalue weighted by Crippen LogP contribution is 2.32. The quantitative estimate of drug-likeness (QED) is 0.668. The first-order chi connectivity index (χ1) is 8.60. The molecule has 0 heterocycles. The van der Waals surface area contributed by atoms with Crippen LogP contribution in [-0.2, 0) is 0 Å². The summed E-state index contributed by atoms with van der Waals surface area (Å²) in [6.07, 6.45) is 1.53. The first-order valence-electron chi connectivity index (χ1n) is 4.98. The van der Waals surface area contributed by atoms with Crippen LogP contribution in [0, 0.1) is 11.3 Å². The van der Waals surface area contributed by atoms with Gasteiger partial charge in [0.25, 0.3) is 5.91 Å². The molecule has 1 N–H and O–H groups in total. The second kappa shape index (κ2) is 6.90. The van der Waals surface area contributed by atoms with Crippen LogP contribution >= 0.6 is 23.2 Å². The zero-order valence-corrected chi connectivity index (χ0v) is 10.9. The number of ether oxygens (including phenoxy) is 1. The first kappa shape index (κ1) is 14.4. The molecule has 0 aliphatic carbocycles. The molecule has 0 aliphatic rings. The Hall–Kier alpha value is -1.70. The van der Waals surface area contributed by atoms with Gasteiger partial charge in [-0.25, -0.2) is 0 Å². The lowest BCUT2D eigenvalue weighted by atomic mass is 10.2. The number of carbonyl (C=O) groups excluding carboxylic acids is 1. The molecule has 0 aliphatic heterocycles. The second-order valence-electron chi connectivity index (χ2n) is 3.20. The molecule has 0 bridgehead atoms. The Labute approximate surface area is 115 Å². The number of amides is 1. The topological polar surface area (TPSA) is 62.1 Å². The van der Waals surface area contributed by atoms with Crippen molar-refractivity contribution >= 4 is 29.1 Å². The predicted molar refractivity (Wildman–Crippen MR) is 70.1 cm³/mol. The summed E-state index contributed by atoms with van der Waals surface area (Å²) in [4.78, 5) is 11.8. The van der Waals surface area contributed by atoms with Crippen LogP contribution in [0.25, 0.3) is 0 Å². The normalized spacial score (nSPS) is 9.39. The van der Waals surface area contributed by atoms with Gasteiger partial charge >= 0.3 is 0 Å².